The molecule has 0 aliphatic rings. The fourth-order valence-corrected chi connectivity index (χ4v) is 1.28. The van der Waals surface area contributed by atoms with E-state index >= 15 is 0 Å². The third kappa shape index (κ3) is 9.72. The van der Waals surface area contributed by atoms with Crippen molar-refractivity contribution in [1.29, 1.82) is 0 Å². The Morgan fingerprint density at radius 3 is 2.67 bits per heavy atom. The number of likely N-dealkylation sites (N-methyl/N-ethyl adjacent to an activating group) is 1. The van der Waals surface area contributed by atoms with Crippen LogP contribution in [0.5, 0.6) is 0 Å². The van der Waals surface area contributed by atoms with E-state index in [0.717, 1.165) is 18.7 Å². The molecule has 4 heteroatoms. The van der Waals surface area contributed by atoms with Gasteiger partial charge in [0.15, 0.2) is 0 Å². The molecule has 0 atom stereocenters. The molecule has 0 aromatic carbocycles. The molecule has 0 unspecified atom stereocenters. The van der Waals surface area contributed by atoms with Crippen molar-refractivity contribution < 1.29 is 4.84 Å². The highest BCUT2D eigenvalue weighted by molar-refractivity contribution is 4.90. The largest absolute Gasteiger partial charge is 0.325 e. The minimum absolute atomic E-state index is 0.689. The molecule has 0 heterocycles. The van der Waals surface area contributed by atoms with Crippen LogP contribution in [0, 0.1) is 0 Å². The van der Waals surface area contributed by atoms with Crippen LogP contribution >= 0.6 is 0 Å². The van der Waals surface area contributed by atoms with E-state index in [0.29, 0.717) is 6.54 Å². The zero-order valence-corrected chi connectivity index (χ0v) is 10.3. The van der Waals surface area contributed by atoms with Gasteiger partial charge in [0.2, 0.25) is 0 Å². The Balaban J connectivity index is 3.32. The van der Waals surface area contributed by atoms with Crippen LogP contribution in [0.4, 0.5) is 0 Å². The summed E-state index contributed by atoms with van der Waals surface area (Å²) in [6, 6.07) is 0. The molecule has 0 rings (SSSR count). The van der Waals surface area contributed by atoms with Crippen molar-refractivity contribution >= 4 is 0 Å². The monoisotopic (exact) mass is 215 g/mol. The molecule has 0 saturated carbocycles. The number of hydroxylamine groups is 2. The van der Waals surface area contributed by atoms with Crippen LogP contribution in [-0.2, 0) is 4.84 Å². The molecule has 0 radical (unpaired) electrons. The van der Waals surface area contributed by atoms with Gasteiger partial charge >= 0.3 is 0 Å². The van der Waals surface area contributed by atoms with Gasteiger partial charge in [-0.05, 0) is 6.42 Å². The van der Waals surface area contributed by atoms with E-state index in [-0.39, 0.29) is 0 Å². The smallest absolute Gasteiger partial charge is 0.0685 e. The van der Waals surface area contributed by atoms with Gasteiger partial charge < -0.3 is 5.43 Å². The van der Waals surface area contributed by atoms with Gasteiger partial charge in [-0.2, -0.15) is 5.06 Å². The summed E-state index contributed by atoms with van der Waals surface area (Å²) < 4.78 is 0. The average molecular weight is 215 g/mol. The van der Waals surface area contributed by atoms with E-state index in [1.54, 1.807) is 5.06 Å². The van der Waals surface area contributed by atoms with E-state index in [9.17, 15) is 0 Å². The van der Waals surface area contributed by atoms with Crippen molar-refractivity contribution in [3.05, 3.63) is 12.3 Å². The first-order valence-electron chi connectivity index (χ1n) is 5.65. The summed E-state index contributed by atoms with van der Waals surface area (Å²) in [7, 11) is 3.74. The van der Waals surface area contributed by atoms with Crippen molar-refractivity contribution in [2.24, 2.45) is 0 Å². The molecular weight excluding hydrogens is 190 g/mol. The summed E-state index contributed by atoms with van der Waals surface area (Å²) in [6.45, 7) is 7.54. The molecule has 4 nitrogen and oxygen atoms in total. The van der Waals surface area contributed by atoms with Gasteiger partial charge in [0.1, 0.15) is 0 Å². The molecule has 0 aliphatic heterocycles. The lowest BCUT2D eigenvalue weighted by Gasteiger charge is -2.18. The summed E-state index contributed by atoms with van der Waals surface area (Å²) in [6.07, 6.45) is 4.93. The molecule has 0 aliphatic carbocycles. The Labute approximate surface area is 93.6 Å². The molecule has 2 N–H and O–H groups in total. The summed E-state index contributed by atoms with van der Waals surface area (Å²) in [5, 5.41) is 1.80. The van der Waals surface area contributed by atoms with Crippen molar-refractivity contribution in [1.82, 2.24) is 15.9 Å². The third-order valence-electron chi connectivity index (χ3n) is 2.02. The van der Waals surface area contributed by atoms with E-state index in [1.165, 1.54) is 19.3 Å². The normalized spacial score (nSPS) is 10.7. The Hall–Kier alpha value is -0.580. The maximum Gasteiger partial charge on any atom is 0.0685 e. The SMILES string of the molecule is C=C(CN(C)OCCCCCC)NNC. The van der Waals surface area contributed by atoms with Gasteiger partial charge in [0.05, 0.1) is 13.2 Å². The van der Waals surface area contributed by atoms with E-state index in [1.807, 2.05) is 14.1 Å². The zero-order chi connectivity index (χ0) is 11.5. The fraction of sp³-hybridized carbons (Fsp3) is 0.818. The molecule has 0 amide bonds. The first-order valence-corrected chi connectivity index (χ1v) is 5.65. The molecule has 0 spiro atoms. The second kappa shape index (κ2) is 9.96. The van der Waals surface area contributed by atoms with Gasteiger partial charge in [0, 0.05) is 19.8 Å². The standard InChI is InChI=1S/C11H25N3O/c1-5-6-7-8-9-15-14(4)10-11(2)13-12-3/h12-13H,2,5-10H2,1,3-4H3. The molecule has 0 aromatic heterocycles. The first kappa shape index (κ1) is 14.4. The number of rotatable bonds is 10. The Kier molecular flexibility index (Phi) is 9.57. The second-order valence-electron chi connectivity index (χ2n) is 3.66. The Bertz CT molecular complexity index is 162. The van der Waals surface area contributed by atoms with Crippen LogP contribution < -0.4 is 10.9 Å². The first-order chi connectivity index (χ1) is 7.20. The highest BCUT2D eigenvalue weighted by Crippen LogP contribution is 2.00. The minimum Gasteiger partial charge on any atom is -0.325 e. The van der Waals surface area contributed by atoms with Crippen molar-refractivity contribution in [3.63, 3.8) is 0 Å². The molecule has 90 valence electrons. The quantitative estimate of drug-likeness (QED) is 0.429. The lowest BCUT2D eigenvalue weighted by atomic mass is 10.2. The van der Waals surface area contributed by atoms with Gasteiger partial charge in [-0.15, -0.1) is 0 Å². The molecule has 15 heavy (non-hydrogen) atoms. The Morgan fingerprint density at radius 1 is 1.33 bits per heavy atom. The van der Waals surface area contributed by atoms with Crippen LogP contribution in [0.15, 0.2) is 12.3 Å². The molecule has 0 aromatic rings. The predicted molar refractivity (Wildman–Crippen MR) is 64.1 cm³/mol. The van der Waals surface area contributed by atoms with E-state index in [2.05, 4.69) is 24.4 Å². The number of nitrogens with one attached hydrogen (secondary N) is 2. The van der Waals surface area contributed by atoms with Crippen LogP contribution in [-0.4, -0.2) is 32.3 Å². The minimum atomic E-state index is 0.689. The predicted octanol–water partition coefficient (Wildman–Crippen LogP) is 1.67. The highest BCUT2D eigenvalue weighted by atomic mass is 16.7. The number of hydrazine groups is 1. The summed E-state index contributed by atoms with van der Waals surface area (Å²) >= 11 is 0. The average Bonchev–Trinajstić information content (AvgIpc) is 2.17. The maximum atomic E-state index is 5.51. The molecular formula is C11H25N3O. The topological polar surface area (TPSA) is 36.5 Å². The van der Waals surface area contributed by atoms with Crippen molar-refractivity contribution in [2.75, 3.05) is 27.2 Å². The van der Waals surface area contributed by atoms with Gasteiger partial charge in [-0.25, -0.2) is 5.43 Å². The number of hydrogen-bond acceptors (Lipinski definition) is 4. The summed E-state index contributed by atoms with van der Waals surface area (Å²) in [5.41, 5.74) is 6.64. The van der Waals surface area contributed by atoms with Gasteiger partial charge in [-0.1, -0.05) is 32.8 Å². The highest BCUT2D eigenvalue weighted by Gasteiger charge is 2.00. The van der Waals surface area contributed by atoms with Crippen LogP contribution in [0.25, 0.3) is 0 Å². The Morgan fingerprint density at radius 2 is 2.07 bits per heavy atom. The van der Waals surface area contributed by atoms with E-state index < -0.39 is 0 Å². The number of hydrogen-bond donors (Lipinski definition) is 2. The molecule has 0 bridgehead atoms. The van der Waals surface area contributed by atoms with E-state index in [4.69, 9.17) is 4.84 Å². The summed E-state index contributed by atoms with van der Waals surface area (Å²) in [4.78, 5) is 5.51. The van der Waals surface area contributed by atoms with Crippen LogP contribution in [0.3, 0.4) is 0 Å². The number of unbranched alkanes of at least 4 members (excludes halogenated alkanes) is 3. The second-order valence-corrected chi connectivity index (χ2v) is 3.66. The molecule has 0 fully saturated rings. The van der Waals surface area contributed by atoms with Gasteiger partial charge in [0.25, 0.3) is 0 Å². The lowest BCUT2D eigenvalue weighted by molar-refractivity contribution is -0.135. The number of nitrogens with zero attached hydrogens (tertiary/aromatic N) is 1. The summed E-state index contributed by atoms with van der Waals surface area (Å²) in [5.74, 6) is 0. The lowest BCUT2D eigenvalue weighted by Crippen LogP contribution is -2.33. The molecule has 0 saturated heterocycles. The van der Waals surface area contributed by atoms with Crippen LogP contribution in [0.2, 0.25) is 0 Å². The fourth-order valence-electron chi connectivity index (χ4n) is 1.28. The zero-order valence-electron chi connectivity index (χ0n) is 10.3. The van der Waals surface area contributed by atoms with Crippen molar-refractivity contribution in [3.8, 4) is 0 Å². The third-order valence-corrected chi connectivity index (χ3v) is 2.02. The van der Waals surface area contributed by atoms with Crippen LogP contribution in [0.1, 0.15) is 32.6 Å². The van der Waals surface area contributed by atoms with Crippen molar-refractivity contribution in [2.45, 2.75) is 32.6 Å². The van der Waals surface area contributed by atoms with Gasteiger partial charge in [-0.3, -0.25) is 4.84 Å². The maximum absolute atomic E-state index is 5.51.